The molecule has 0 saturated carbocycles. The van der Waals surface area contributed by atoms with Crippen LogP contribution in [0.1, 0.15) is 35.8 Å². The van der Waals surface area contributed by atoms with E-state index in [-0.39, 0.29) is 17.9 Å². The van der Waals surface area contributed by atoms with Crippen LogP contribution in [0.2, 0.25) is 0 Å². The van der Waals surface area contributed by atoms with E-state index in [4.69, 9.17) is 4.42 Å². The van der Waals surface area contributed by atoms with Crippen molar-refractivity contribution in [3.8, 4) is 0 Å². The number of amides is 1. The Labute approximate surface area is 131 Å². The van der Waals surface area contributed by atoms with E-state index in [1.807, 2.05) is 30.7 Å². The summed E-state index contributed by atoms with van der Waals surface area (Å²) >= 11 is 1.49. The average Bonchev–Trinajstić information content (AvgIpc) is 3.11. The summed E-state index contributed by atoms with van der Waals surface area (Å²) in [6.45, 7) is 4.08. The summed E-state index contributed by atoms with van der Waals surface area (Å²) in [4.78, 5) is 26.1. The highest BCUT2D eigenvalue weighted by molar-refractivity contribution is 7.08. The van der Waals surface area contributed by atoms with Gasteiger partial charge in [0.1, 0.15) is 0 Å². The fourth-order valence-electron chi connectivity index (χ4n) is 2.41. The third-order valence-electron chi connectivity index (χ3n) is 3.54. The van der Waals surface area contributed by atoms with Crippen molar-refractivity contribution in [1.29, 1.82) is 0 Å². The molecule has 1 atom stereocenters. The summed E-state index contributed by atoms with van der Waals surface area (Å²) in [7, 11) is 0. The molecule has 0 aliphatic rings. The normalized spacial score (nSPS) is 12.7. The third kappa shape index (κ3) is 2.82. The second-order valence-corrected chi connectivity index (χ2v) is 6.26. The Balaban J connectivity index is 1.92. The number of hydrogen-bond donors (Lipinski definition) is 2. The van der Waals surface area contributed by atoms with E-state index >= 15 is 0 Å². The van der Waals surface area contributed by atoms with E-state index in [1.54, 1.807) is 18.2 Å². The molecule has 0 saturated heterocycles. The lowest BCUT2D eigenvalue weighted by molar-refractivity contribution is 0.0926. The summed E-state index contributed by atoms with van der Waals surface area (Å²) in [6.07, 6.45) is 0. The molecule has 2 heterocycles. The smallest absolute Gasteiger partial charge is 0.408 e. The number of fused-ring (bicyclic) bond motifs is 1. The molecule has 5 nitrogen and oxygen atoms in total. The maximum atomic E-state index is 12.3. The van der Waals surface area contributed by atoms with E-state index in [0.717, 1.165) is 5.56 Å². The quantitative estimate of drug-likeness (QED) is 0.775. The van der Waals surface area contributed by atoms with E-state index in [2.05, 4.69) is 10.3 Å². The molecule has 6 heteroatoms. The molecule has 0 aliphatic heterocycles. The second-order valence-electron chi connectivity index (χ2n) is 5.48. The van der Waals surface area contributed by atoms with Gasteiger partial charge in [0.15, 0.2) is 5.58 Å². The Bertz CT molecular complexity index is 846. The Morgan fingerprint density at radius 2 is 2.14 bits per heavy atom. The van der Waals surface area contributed by atoms with Gasteiger partial charge in [-0.2, -0.15) is 11.3 Å². The largest absolute Gasteiger partial charge is 0.417 e. The van der Waals surface area contributed by atoms with E-state index in [0.29, 0.717) is 16.7 Å². The predicted octanol–water partition coefficient (Wildman–Crippen LogP) is 3.31. The number of aromatic nitrogens is 1. The van der Waals surface area contributed by atoms with Crippen molar-refractivity contribution < 1.29 is 9.21 Å². The molecule has 3 aromatic rings. The van der Waals surface area contributed by atoms with Crippen molar-refractivity contribution in [3.05, 3.63) is 56.7 Å². The summed E-state index contributed by atoms with van der Waals surface area (Å²) in [5.74, 6) is -0.378. The van der Waals surface area contributed by atoms with Crippen LogP contribution in [0.4, 0.5) is 0 Å². The number of aromatic amines is 1. The van der Waals surface area contributed by atoms with Gasteiger partial charge in [-0.3, -0.25) is 9.78 Å². The van der Waals surface area contributed by atoms with Crippen LogP contribution in [0.5, 0.6) is 0 Å². The van der Waals surface area contributed by atoms with Gasteiger partial charge in [0, 0.05) is 5.38 Å². The third-order valence-corrected chi connectivity index (χ3v) is 4.22. The van der Waals surface area contributed by atoms with Crippen LogP contribution < -0.4 is 11.1 Å². The molecule has 0 aliphatic carbocycles. The summed E-state index contributed by atoms with van der Waals surface area (Å²) in [5.41, 5.74) is 2.72. The first-order valence-corrected chi connectivity index (χ1v) is 7.94. The zero-order chi connectivity index (χ0) is 15.7. The number of H-pyrrole nitrogens is 1. The molecular weight excluding hydrogens is 300 g/mol. The van der Waals surface area contributed by atoms with E-state index in [1.165, 1.54) is 11.3 Å². The van der Waals surface area contributed by atoms with Gasteiger partial charge in [-0.1, -0.05) is 19.9 Å². The molecular formula is C16H16N2O3S. The molecule has 1 amide bonds. The molecule has 1 aromatic carbocycles. The van der Waals surface area contributed by atoms with Gasteiger partial charge in [-0.25, -0.2) is 4.79 Å². The standard InChI is InChI=1S/C16H16N2O3S/c1-9(2)14(18-15(19)11-5-6-22-8-11)10-3-4-12-13(7-10)21-16(20)17-12/h3-9,14H,1-2H3,(H,17,20)(H,18,19)/t14-/m1/s1. The van der Waals surface area contributed by atoms with Crippen molar-refractivity contribution in [1.82, 2.24) is 10.3 Å². The van der Waals surface area contributed by atoms with Crippen LogP contribution in [-0.2, 0) is 0 Å². The monoisotopic (exact) mass is 316 g/mol. The number of oxazole rings is 1. The summed E-state index contributed by atoms with van der Waals surface area (Å²) in [5, 5.41) is 6.74. The van der Waals surface area contributed by atoms with Crippen LogP contribution in [0.25, 0.3) is 11.1 Å². The number of carbonyl (C=O) groups is 1. The summed E-state index contributed by atoms with van der Waals surface area (Å²) in [6, 6.07) is 7.13. The number of nitrogens with one attached hydrogen (secondary N) is 2. The number of benzene rings is 1. The number of hydrogen-bond acceptors (Lipinski definition) is 4. The summed E-state index contributed by atoms with van der Waals surface area (Å²) < 4.78 is 5.09. The molecule has 22 heavy (non-hydrogen) atoms. The van der Waals surface area contributed by atoms with Crippen molar-refractivity contribution in [2.75, 3.05) is 0 Å². The molecule has 0 bridgehead atoms. The molecule has 0 spiro atoms. The molecule has 114 valence electrons. The fourth-order valence-corrected chi connectivity index (χ4v) is 3.04. The van der Waals surface area contributed by atoms with Crippen LogP contribution in [0, 0.1) is 5.92 Å². The van der Waals surface area contributed by atoms with Crippen LogP contribution >= 0.6 is 11.3 Å². The van der Waals surface area contributed by atoms with Gasteiger partial charge < -0.3 is 9.73 Å². The molecule has 0 radical (unpaired) electrons. The first kappa shape index (κ1) is 14.6. The lowest BCUT2D eigenvalue weighted by Crippen LogP contribution is -2.31. The number of carbonyl (C=O) groups excluding carboxylic acids is 1. The highest BCUT2D eigenvalue weighted by Crippen LogP contribution is 2.25. The Hall–Kier alpha value is -2.34. The predicted molar refractivity (Wildman–Crippen MR) is 86.2 cm³/mol. The number of thiophene rings is 1. The zero-order valence-corrected chi connectivity index (χ0v) is 13.1. The van der Waals surface area contributed by atoms with Gasteiger partial charge in [0.25, 0.3) is 5.91 Å². The van der Waals surface area contributed by atoms with Gasteiger partial charge in [0.2, 0.25) is 0 Å². The minimum atomic E-state index is -0.476. The maximum Gasteiger partial charge on any atom is 0.417 e. The minimum absolute atomic E-state index is 0.101. The first-order chi connectivity index (χ1) is 10.5. The zero-order valence-electron chi connectivity index (χ0n) is 12.3. The first-order valence-electron chi connectivity index (χ1n) is 7.00. The topological polar surface area (TPSA) is 75.1 Å². The SMILES string of the molecule is CC(C)[C@@H](NC(=O)c1ccsc1)c1ccc2[nH]c(=O)oc2c1. The second kappa shape index (κ2) is 5.81. The average molecular weight is 316 g/mol. The van der Waals surface area contributed by atoms with Crippen molar-refractivity contribution in [3.63, 3.8) is 0 Å². The molecule has 3 rings (SSSR count). The van der Waals surface area contributed by atoms with Crippen molar-refractivity contribution in [2.24, 2.45) is 5.92 Å². The Morgan fingerprint density at radius 1 is 1.32 bits per heavy atom. The van der Waals surface area contributed by atoms with Gasteiger partial charge in [0.05, 0.1) is 17.1 Å². The van der Waals surface area contributed by atoms with Gasteiger partial charge in [-0.15, -0.1) is 0 Å². The lowest BCUT2D eigenvalue weighted by Gasteiger charge is -2.22. The van der Waals surface area contributed by atoms with Crippen molar-refractivity contribution in [2.45, 2.75) is 19.9 Å². The molecule has 0 unspecified atom stereocenters. The minimum Gasteiger partial charge on any atom is -0.408 e. The molecule has 2 aromatic heterocycles. The van der Waals surface area contributed by atoms with Gasteiger partial charge in [-0.05, 0) is 35.1 Å². The van der Waals surface area contributed by atoms with E-state index in [9.17, 15) is 9.59 Å². The highest BCUT2D eigenvalue weighted by atomic mass is 32.1. The van der Waals surface area contributed by atoms with Crippen LogP contribution in [0.15, 0.2) is 44.2 Å². The highest BCUT2D eigenvalue weighted by Gasteiger charge is 2.20. The van der Waals surface area contributed by atoms with E-state index < -0.39 is 5.76 Å². The van der Waals surface area contributed by atoms with Gasteiger partial charge >= 0.3 is 5.76 Å². The van der Waals surface area contributed by atoms with Crippen LogP contribution in [-0.4, -0.2) is 10.9 Å². The lowest BCUT2D eigenvalue weighted by atomic mass is 9.95. The molecule has 0 fully saturated rings. The maximum absolute atomic E-state index is 12.3. The number of rotatable bonds is 4. The van der Waals surface area contributed by atoms with Crippen LogP contribution in [0.3, 0.4) is 0 Å². The Kier molecular flexibility index (Phi) is 3.85. The van der Waals surface area contributed by atoms with Crippen molar-refractivity contribution >= 4 is 28.3 Å². The Morgan fingerprint density at radius 3 is 2.82 bits per heavy atom. The fraction of sp³-hybridized carbons (Fsp3) is 0.250. The molecule has 2 N–H and O–H groups in total.